The van der Waals surface area contributed by atoms with Crippen LogP contribution in [-0.2, 0) is 25.7 Å². The van der Waals surface area contributed by atoms with Crippen LogP contribution in [-0.4, -0.2) is 10.2 Å². The van der Waals surface area contributed by atoms with E-state index in [9.17, 15) is 10.2 Å². The summed E-state index contributed by atoms with van der Waals surface area (Å²) in [5, 5.41) is 21.0. The Labute approximate surface area is 184 Å². The molecule has 0 aliphatic heterocycles. The topological polar surface area (TPSA) is 40.5 Å². The van der Waals surface area contributed by atoms with Gasteiger partial charge in [-0.3, -0.25) is 0 Å². The number of benzene rings is 2. The molecule has 30 heavy (non-hydrogen) atoms. The maximum absolute atomic E-state index is 10.5. The summed E-state index contributed by atoms with van der Waals surface area (Å²) in [4.78, 5) is 0. The van der Waals surface area contributed by atoms with Crippen molar-refractivity contribution in [1.82, 2.24) is 0 Å². The Kier molecular flexibility index (Phi) is 8.41. The summed E-state index contributed by atoms with van der Waals surface area (Å²) in [6.07, 6.45) is 3.71. The lowest BCUT2D eigenvalue weighted by Gasteiger charge is -2.25. The lowest BCUT2D eigenvalue weighted by atomic mass is 9.80. The van der Waals surface area contributed by atoms with E-state index in [0.717, 1.165) is 25.7 Å². The quantitative estimate of drug-likeness (QED) is 0.448. The van der Waals surface area contributed by atoms with Gasteiger partial charge in [0, 0.05) is 0 Å². The van der Waals surface area contributed by atoms with Gasteiger partial charge in [-0.05, 0) is 107 Å². The van der Waals surface area contributed by atoms with Crippen molar-refractivity contribution in [3.05, 3.63) is 46.5 Å². The molecule has 0 spiro atoms. The fourth-order valence-electron chi connectivity index (χ4n) is 4.54. The SMILES string of the molecule is CC(C)Cc1cc(O)cc(CC(C)C)c1-c1c(CC(C)C)cc(O)cc1CC(C)C. The third kappa shape index (κ3) is 6.52. The number of hydrogen-bond acceptors (Lipinski definition) is 2. The molecule has 0 bridgehead atoms. The Morgan fingerprint density at radius 2 is 0.667 bits per heavy atom. The highest BCUT2D eigenvalue weighted by Crippen LogP contribution is 2.41. The number of rotatable bonds is 9. The molecule has 2 N–H and O–H groups in total. The Morgan fingerprint density at radius 1 is 0.467 bits per heavy atom. The maximum atomic E-state index is 10.5. The van der Waals surface area contributed by atoms with Crippen molar-refractivity contribution in [2.45, 2.75) is 81.1 Å². The smallest absolute Gasteiger partial charge is 0.116 e. The zero-order valence-corrected chi connectivity index (χ0v) is 20.3. The molecule has 0 fully saturated rings. The summed E-state index contributed by atoms with van der Waals surface area (Å²) in [7, 11) is 0. The lowest BCUT2D eigenvalue weighted by molar-refractivity contribution is 0.471. The fraction of sp³-hybridized carbons (Fsp3) is 0.571. The number of hydrogen-bond donors (Lipinski definition) is 2. The third-order valence-corrected chi connectivity index (χ3v) is 5.34. The van der Waals surface area contributed by atoms with E-state index in [4.69, 9.17) is 0 Å². The van der Waals surface area contributed by atoms with E-state index in [1.54, 1.807) is 0 Å². The summed E-state index contributed by atoms with van der Waals surface area (Å²) in [6.45, 7) is 17.9. The number of phenols is 2. The van der Waals surface area contributed by atoms with Gasteiger partial charge in [0.1, 0.15) is 11.5 Å². The Morgan fingerprint density at radius 3 is 0.833 bits per heavy atom. The van der Waals surface area contributed by atoms with Crippen molar-refractivity contribution in [3.63, 3.8) is 0 Å². The van der Waals surface area contributed by atoms with Crippen molar-refractivity contribution in [2.24, 2.45) is 23.7 Å². The molecule has 166 valence electrons. The van der Waals surface area contributed by atoms with Crippen LogP contribution in [0, 0.1) is 23.7 Å². The first-order valence-corrected chi connectivity index (χ1v) is 11.7. The monoisotopic (exact) mass is 410 g/mol. The van der Waals surface area contributed by atoms with Gasteiger partial charge in [-0.25, -0.2) is 0 Å². The van der Waals surface area contributed by atoms with Crippen molar-refractivity contribution in [2.75, 3.05) is 0 Å². The average molecular weight is 411 g/mol. The highest BCUT2D eigenvalue weighted by Gasteiger charge is 2.22. The molecule has 0 aromatic heterocycles. The molecule has 2 heteroatoms. The molecular weight excluding hydrogens is 368 g/mol. The van der Waals surface area contributed by atoms with Crippen LogP contribution < -0.4 is 0 Å². The Bertz CT molecular complexity index is 710. The molecule has 0 unspecified atom stereocenters. The van der Waals surface area contributed by atoms with Crippen LogP contribution in [0.5, 0.6) is 11.5 Å². The molecule has 2 rings (SSSR count). The first-order valence-electron chi connectivity index (χ1n) is 11.7. The zero-order valence-electron chi connectivity index (χ0n) is 20.3. The van der Waals surface area contributed by atoms with Crippen LogP contribution in [0.4, 0.5) is 0 Å². The van der Waals surface area contributed by atoms with Gasteiger partial charge >= 0.3 is 0 Å². The summed E-state index contributed by atoms with van der Waals surface area (Å²) in [5.41, 5.74) is 7.48. The largest absolute Gasteiger partial charge is 0.508 e. The van der Waals surface area contributed by atoms with Gasteiger partial charge in [-0.1, -0.05) is 55.4 Å². The Hall–Kier alpha value is -1.96. The predicted octanol–water partition coefficient (Wildman–Crippen LogP) is 7.56. The summed E-state index contributed by atoms with van der Waals surface area (Å²) in [5.74, 6) is 2.71. The summed E-state index contributed by atoms with van der Waals surface area (Å²) >= 11 is 0. The van der Waals surface area contributed by atoms with Gasteiger partial charge in [-0.2, -0.15) is 0 Å². The van der Waals surface area contributed by atoms with E-state index in [1.807, 2.05) is 24.3 Å². The standard InChI is InChI=1S/C28H42O2/c1-17(2)9-21-13-25(29)14-22(10-18(3)4)27(21)28-23(11-19(5)6)15-26(30)16-24(28)12-20(7)8/h13-20,29-30H,9-12H2,1-8H3. The zero-order chi connectivity index (χ0) is 22.6. The van der Waals surface area contributed by atoms with E-state index in [2.05, 4.69) is 55.4 Å². The van der Waals surface area contributed by atoms with E-state index in [1.165, 1.54) is 33.4 Å². The normalized spacial score (nSPS) is 12.0. The predicted molar refractivity (Wildman–Crippen MR) is 129 cm³/mol. The molecule has 0 atom stereocenters. The highest BCUT2D eigenvalue weighted by atomic mass is 16.3. The second-order valence-electron chi connectivity index (χ2n) is 10.7. The number of aromatic hydroxyl groups is 2. The molecule has 0 aliphatic rings. The van der Waals surface area contributed by atoms with E-state index < -0.39 is 0 Å². The van der Waals surface area contributed by atoms with Crippen molar-refractivity contribution >= 4 is 0 Å². The van der Waals surface area contributed by atoms with Crippen LogP contribution in [0.3, 0.4) is 0 Å². The minimum atomic E-state index is 0.361. The Balaban J connectivity index is 2.91. The minimum absolute atomic E-state index is 0.361. The molecular formula is C28H42O2. The molecule has 0 heterocycles. The van der Waals surface area contributed by atoms with Crippen LogP contribution in [0.1, 0.15) is 77.6 Å². The van der Waals surface area contributed by atoms with Crippen LogP contribution >= 0.6 is 0 Å². The lowest BCUT2D eigenvalue weighted by Crippen LogP contribution is -2.09. The molecule has 0 aliphatic carbocycles. The number of phenolic OH excluding ortho intramolecular Hbond substituents is 2. The first-order chi connectivity index (χ1) is 14.0. The van der Waals surface area contributed by atoms with Gasteiger partial charge in [0.05, 0.1) is 0 Å². The summed E-state index contributed by atoms with van der Waals surface area (Å²) < 4.78 is 0. The van der Waals surface area contributed by atoms with E-state index in [0.29, 0.717) is 35.2 Å². The fourth-order valence-corrected chi connectivity index (χ4v) is 4.54. The van der Waals surface area contributed by atoms with Crippen molar-refractivity contribution in [1.29, 1.82) is 0 Å². The second-order valence-corrected chi connectivity index (χ2v) is 10.7. The van der Waals surface area contributed by atoms with Gasteiger partial charge < -0.3 is 10.2 Å². The van der Waals surface area contributed by atoms with Gasteiger partial charge in [0.25, 0.3) is 0 Å². The summed E-state index contributed by atoms with van der Waals surface area (Å²) in [6, 6.07) is 7.85. The maximum Gasteiger partial charge on any atom is 0.116 e. The molecule has 0 radical (unpaired) electrons. The first kappa shape index (κ1) is 24.3. The third-order valence-electron chi connectivity index (χ3n) is 5.34. The van der Waals surface area contributed by atoms with Gasteiger partial charge in [0.2, 0.25) is 0 Å². The molecule has 0 saturated carbocycles. The van der Waals surface area contributed by atoms with Crippen LogP contribution in [0.2, 0.25) is 0 Å². The van der Waals surface area contributed by atoms with Crippen LogP contribution in [0.15, 0.2) is 24.3 Å². The molecule has 2 nitrogen and oxygen atoms in total. The van der Waals surface area contributed by atoms with Gasteiger partial charge in [0.15, 0.2) is 0 Å². The van der Waals surface area contributed by atoms with Crippen LogP contribution in [0.25, 0.3) is 11.1 Å². The van der Waals surface area contributed by atoms with E-state index in [-0.39, 0.29) is 0 Å². The van der Waals surface area contributed by atoms with Crippen molar-refractivity contribution in [3.8, 4) is 22.6 Å². The van der Waals surface area contributed by atoms with E-state index >= 15 is 0 Å². The second kappa shape index (κ2) is 10.4. The van der Waals surface area contributed by atoms with Gasteiger partial charge in [-0.15, -0.1) is 0 Å². The average Bonchev–Trinajstić information content (AvgIpc) is 2.53. The molecule has 0 saturated heterocycles. The molecule has 2 aromatic rings. The minimum Gasteiger partial charge on any atom is -0.508 e. The highest BCUT2D eigenvalue weighted by molar-refractivity contribution is 5.79. The molecule has 2 aromatic carbocycles. The molecule has 0 amide bonds. The van der Waals surface area contributed by atoms with Crippen molar-refractivity contribution < 1.29 is 10.2 Å².